The van der Waals surface area contributed by atoms with Crippen LogP contribution in [0.15, 0.2) is 41.7 Å². The molecule has 3 heterocycles. The summed E-state index contributed by atoms with van der Waals surface area (Å²) in [5.74, 6) is 0.974. The van der Waals surface area contributed by atoms with Crippen LogP contribution in [0.5, 0.6) is 5.88 Å². The van der Waals surface area contributed by atoms with Crippen LogP contribution < -0.4 is 56.4 Å². The van der Waals surface area contributed by atoms with Crippen LogP contribution in [0.25, 0.3) is 11.2 Å². The van der Waals surface area contributed by atoms with Gasteiger partial charge in [-0.05, 0) is 19.9 Å². The van der Waals surface area contributed by atoms with Gasteiger partial charge in [0.2, 0.25) is 0 Å². The number of methoxy groups -OCH3 is 1. The third kappa shape index (κ3) is 6.78. The van der Waals surface area contributed by atoms with Crippen LogP contribution in [0, 0.1) is 0 Å². The van der Waals surface area contributed by atoms with Crippen molar-refractivity contribution in [3.05, 3.63) is 42.2 Å². The lowest BCUT2D eigenvalue weighted by atomic mass is 10.4. The lowest BCUT2D eigenvalue weighted by Gasteiger charge is -2.14. The molecule has 0 aliphatic carbocycles. The van der Waals surface area contributed by atoms with E-state index in [2.05, 4.69) is 28.8 Å². The van der Waals surface area contributed by atoms with Crippen molar-refractivity contribution in [2.24, 2.45) is 0 Å². The topological polar surface area (TPSA) is 77.4 Å². The van der Waals surface area contributed by atoms with Gasteiger partial charge in [0, 0.05) is 18.2 Å². The number of hydrogen-bond acceptors (Lipinski definition) is 3. The lowest BCUT2D eigenvalue weighted by molar-refractivity contribution is -0.917. The molecule has 0 aliphatic heterocycles. The number of halogens is 3. The highest BCUT2D eigenvalue weighted by molar-refractivity contribution is 7.83. The Hall–Kier alpha value is -1.45. The molecular weight excluding hydrogens is 469 g/mol. The molecule has 30 heavy (non-hydrogen) atoms. The molecule has 0 spiro atoms. The quantitative estimate of drug-likeness (QED) is 0.289. The fourth-order valence-electron chi connectivity index (χ4n) is 3.12. The summed E-state index contributed by atoms with van der Waals surface area (Å²) in [6.45, 7) is 8.19. The molecule has 0 amide bonds. The third-order valence-corrected chi connectivity index (χ3v) is 6.09. The van der Waals surface area contributed by atoms with Crippen molar-refractivity contribution in [2.75, 3.05) is 26.7 Å². The first-order valence-electron chi connectivity index (χ1n) is 9.30. The molecule has 1 atom stereocenters. The van der Waals surface area contributed by atoms with Gasteiger partial charge < -0.3 is 46.9 Å². The number of nitrogens with one attached hydrogen (secondary N) is 3. The number of hydrogen-bond donors (Lipinski definition) is 2. The summed E-state index contributed by atoms with van der Waals surface area (Å²) in [4.78, 5) is 12.6. The summed E-state index contributed by atoms with van der Waals surface area (Å²) in [6, 6.07) is 9.55. The molecule has 3 N–H and O–H groups in total. The minimum absolute atomic E-state index is 0. The number of aromatic nitrogens is 4. The molecule has 3 aromatic rings. The fourth-order valence-corrected chi connectivity index (χ4v) is 4.36. The van der Waals surface area contributed by atoms with Crippen molar-refractivity contribution in [1.29, 1.82) is 0 Å². The Morgan fingerprint density at radius 3 is 2.50 bits per heavy atom. The average Bonchev–Trinajstić information content (AvgIpc) is 3.07. The predicted octanol–water partition coefficient (Wildman–Crippen LogP) is -9.08. The number of likely N-dealkylation sites (N-methyl/N-ethyl adjacent to an activating group) is 1. The van der Waals surface area contributed by atoms with Crippen LogP contribution in [0.1, 0.15) is 19.5 Å². The minimum Gasteiger partial charge on any atom is -1.00 e. The zero-order valence-corrected chi connectivity index (χ0v) is 20.3. The number of pyridine rings is 2. The van der Waals surface area contributed by atoms with E-state index < -0.39 is 10.8 Å². The van der Waals surface area contributed by atoms with Crippen LogP contribution in [0.3, 0.4) is 0 Å². The van der Waals surface area contributed by atoms with Gasteiger partial charge in [0.05, 0.1) is 20.2 Å². The highest BCUT2D eigenvalue weighted by atomic mass is 35.5. The van der Waals surface area contributed by atoms with E-state index in [9.17, 15) is 4.21 Å². The number of aromatic amines is 2. The summed E-state index contributed by atoms with van der Waals surface area (Å²) in [5.41, 5.74) is 2.58. The molecule has 0 saturated carbocycles. The van der Waals surface area contributed by atoms with Crippen molar-refractivity contribution in [2.45, 2.75) is 31.3 Å². The van der Waals surface area contributed by atoms with Crippen molar-refractivity contribution in [3.8, 4) is 5.88 Å². The standard InChI is InChI=1S/C19H25N5O2S.3ClH/c1-4-23(5-2)12-13-24-18-16(9-10-17(22-18)26-3)21-19(24)27(25)14-15-8-6-7-11-20-15;;;/h6-11H,4-5,12-14H2,1-3H3;3*1H. The Labute approximate surface area is 198 Å². The van der Waals surface area contributed by atoms with E-state index in [1.807, 2.05) is 41.1 Å². The number of rotatable bonds is 9. The highest BCUT2D eigenvalue weighted by Gasteiger charge is 2.26. The number of fused-ring (bicyclic) bond motifs is 1. The molecule has 7 nitrogen and oxygen atoms in total. The van der Waals surface area contributed by atoms with Crippen molar-refractivity contribution >= 4 is 22.0 Å². The highest BCUT2D eigenvalue weighted by Crippen LogP contribution is 2.15. The monoisotopic (exact) mass is 495 g/mol. The van der Waals surface area contributed by atoms with Crippen LogP contribution in [-0.2, 0) is 23.1 Å². The summed E-state index contributed by atoms with van der Waals surface area (Å²) < 4.78 is 20.4. The lowest BCUT2D eigenvalue weighted by Crippen LogP contribution is -3.12. The Balaban J connectivity index is 0.00000280. The van der Waals surface area contributed by atoms with Crippen LogP contribution in [0.2, 0.25) is 0 Å². The van der Waals surface area contributed by atoms with Gasteiger partial charge in [-0.3, -0.25) is 4.98 Å². The first kappa shape index (κ1) is 28.5. The van der Waals surface area contributed by atoms with Crippen molar-refractivity contribution in [3.63, 3.8) is 0 Å². The third-order valence-electron chi connectivity index (χ3n) is 4.77. The van der Waals surface area contributed by atoms with Crippen molar-refractivity contribution < 1.29 is 60.6 Å². The second kappa shape index (κ2) is 13.8. The molecule has 0 saturated heterocycles. The summed E-state index contributed by atoms with van der Waals surface area (Å²) in [6.07, 6.45) is 1.85. The fraction of sp³-hybridized carbons (Fsp3) is 0.421. The predicted molar refractivity (Wildman–Crippen MR) is 103 cm³/mol. The zero-order valence-electron chi connectivity index (χ0n) is 17.3. The molecule has 3 rings (SSSR count). The van der Waals surface area contributed by atoms with E-state index in [1.54, 1.807) is 7.11 Å². The molecule has 0 radical (unpaired) electrons. The Kier molecular flexibility index (Phi) is 13.1. The molecule has 0 aliphatic rings. The maximum atomic E-state index is 13.1. The second-order valence-electron chi connectivity index (χ2n) is 6.39. The van der Waals surface area contributed by atoms with Crippen molar-refractivity contribution in [1.82, 2.24) is 9.97 Å². The van der Waals surface area contributed by atoms with Gasteiger partial charge in [-0.1, -0.05) is 11.1 Å². The molecule has 0 fully saturated rings. The van der Waals surface area contributed by atoms with E-state index in [4.69, 9.17) is 4.74 Å². The summed E-state index contributed by atoms with van der Waals surface area (Å²) in [7, 11) is 0.387. The molecular formula is C19H28Cl3N5O2S. The summed E-state index contributed by atoms with van der Waals surface area (Å²) >= 11 is 0. The van der Waals surface area contributed by atoms with Gasteiger partial charge in [-0.15, -0.1) is 0 Å². The molecule has 168 valence electrons. The van der Waals surface area contributed by atoms with E-state index >= 15 is 0 Å². The maximum absolute atomic E-state index is 13.1. The first-order chi connectivity index (χ1) is 13.2. The average molecular weight is 497 g/mol. The van der Waals surface area contributed by atoms with E-state index in [-0.39, 0.29) is 37.2 Å². The Morgan fingerprint density at radius 1 is 1.17 bits per heavy atom. The van der Waals surface area contributed by atoms with E-state index in [0.717, 1.165) is 43.0 Å². The van der Waals surface area contributed by atoms with Gasteiger partial charge >= 0.3 is 5.65 Å². The van der Waals surface area contributed by atoms with Gasteiger partial charge in [-0.2, -0.15) is 0 Å². The SMILES string of the molecule is CC[NH+](CC)CC[n+]1c(S(=O)Cc2cccc[nH+]2)[nH]c2ccc(OC)nc21.[Cl-].[Cl-].[Cl-]. The minimum atomic E-state index is -1.22. The Morgan fingerprint density at radius 2 is 1.90 bits per heavy atom. The smallest absolute Gasteiger partial charge is 0.306 e. The van der Waals surface area contributed by atoms with Crippen LogP contribution >= 0.6 is 0 Å². The number of H-pyrrole nitrogens is 2. The number of nitrogens with zero attached hydrogens (tertiary/aromatic N) is 2. The molecule has 1 unspecified atom stereocenters. The first-order valence-corrected chi connectivity index (χ1v) is 10.6. The van der Waals surface area contributed by atoms with Gasteiger partial charge in [0.15, 0.2) is 17.4 Å². The molecule has 0 bridgehead atoms. The van der Waals surface area contributed by atoms with E-state index in [1.165, 1.54) is 4.90 Å². The zero-order chi connectivity index (χ0) is 19.2. The van der Waals surface area contributed by atoms with Gasteiger partial charge in [-0.25, -0.2) is 13.8 Å². The van der Waals surface area contributed by atoms with Gasteiger partial charge in [0.1, 0.15) is 29.6 Å². The number of quaternary nitrogens is 1. The molecule has 11 heteroatoms. The normalized spacial score (nSPS) is 11.3. The second-order valence-corrected chi connectivity index (χ2v) is 7.76. The van der Waals surface area contributed by atoms with Crippen LogP contribution in [-0.4, -0.2) is 40.9 Å². The molecule has 3 aromatic heterocycles. The Bertz CT molecular complexity index is 923. The summed E-state index contributed by atoms with van der Waals surface area (Å²) in [5, 5.41) is 0.689. The van der Waals surface area contributed by atoms with E-state index in [0.29, 0.717) is 16.8 Å². The largest absolute Gasteiger partial charge is 1.00 e. The van der Waals surface area contributed by atoms with Gasteiger partial charge in [0.25, 0.3) is 11.0 Å². The number of imidazole rings is 1. The van der Waals surface area contributed by atoms with Crippen LogP contribution in [0.4, 0.5) is 0 Å². The maximum Gasteiger partial charge on any atom is 0.306 e. The number of ether oxygens (including phenoxy) is 1. The molecule has 0 aromatic carbocycles.